The van der Waals surface area contributed by atoms with Crippen LogP contribution in [0.4, 0.5) is 5.69 Å². The number of benzene rings is 1. The second kappa shape index (κ2) is 4.85. The SMILES string of the molecule is C=CCOc1ccccc1N=[N+]=[N-]. The van der Waals surface area contributed by atoms with Gasteiger partial charge in [0.05, 0.1) is 5.69 Å². The molecule has 0 fully saturated rings. The van der Waals surface area contributed by atoms with E-state index in [1.165, 1.54) is 0 Å². The van der Waals surface area contributed by atoms with E-state index in [1.54, 1.807) is 24.3 Å². The van der Waals surface area contributed by atoms with Crippen LogP contribution in [0.15, 0.2) is 42.0 Å². The van der Waals surface area contributed by atoms with Crippen molar-refractivity contribution < 1.29 is 4.74 Å². The lowest BCUT2D eigenvalue weighted by Gasteiger charge is -2.04. The van der Waals surface area contributed by atoms with Gasteiger partial charge in [-0.15, -0.1) is 0 Å². The number of rotatable bonds is 4. The molecule has 0 aromatic heterocycles. The summed E-state index contributed by atoms with van der Waals surface area (Å²) in [4.78, 5) is 2.69. The molecule has 1 rings (SSSR count). The third kappa shape index (κ3) is 2.54. The van der Waals surface area contributed by atoms with Crippen molar-refractivity contribution in [2.75, 3.05) is 6.61 Å². The zero-order chi connectivity index (χ0) is 9.52. The molecule has 0 aliphatic carbocycles. The van der Waals surface area contributed by atoms with Crippen LogP contribution in [0.5, 0.6) is 5.75 Å². The highest BCUT2D eigenvalue weighted by Crippen LogP contribution is 2.26. The van der Waals surface area contributed by atoms with E-state index in [4.69, 9.17) is 10.3 Å². The molecule has 0 N–H and O–H groups in total. The molecule has 0 bridgehead atoms. The molecule has 0 amide bonds. The Balaban J connectivity index is 2.90. The van der Waals surface area contributed by atoms with Crippen LogP contribution in [-0.2, 0) is 0 Å². The minimum Gasteiger partial charge on any atom is -0.489 e. The van der Waals surface area contributed by atoms with Crippen LogP contribution in [0.1, 0.15) is 0 Å². The molecule has 0 radical (unpaired) electrons. The molecule has 0 heterocycles. The lowest BCUT2D eigenvalue weighted by molar-refractivity contribution is 0.364. The Kier molecular flexibility index (Phi) is 3.42. The highest BCUT2D eigenvalue weighted by atomic mass is 16.5. The van der Waals surface area contributed by atoms with Crippen LogP contribution < -0.4 is 4.74 Å². The third-order valence-electron chi connectivity index (χ3n) is 1.37. The average Bonchev–Trinajstić information content (AvgIpc) is 2.17. The molecule has 1 aromatic rings. The maximum atomic E-state index is 8.25. The van der Waals surface area contributed by atoms with Gasteiger partial charge in [0.2, 0.25) is 0 Å². The van der Waals surface area contributed by atoms with Crippen LogP contribution in [0.3, 0.4) is 0 Å². The first-order valence-electron chi connectivity index (χ1n) is 3.76. The minimum atomic E-state index is 0.401. The predicted molar refractivity (Wildman–Crippen MR) is 50.9 cm³/mol. The second-order valence-corrected chi connectivity index (χ2v) is 2.26. The Morgan fingerprint density at radius 2 is 2.31 bits per heavy atom. The fraction of sp³-hybridized carbons (Fsp3) is 0.111. The van der Waals surface area contributed by atoms with Crippen molar-refractivity contribution in [2.24, 2.45) is 5.11 Å². The predicted octanol–water partition coefficient (Wildman–Crippen LogP) is 3.19. The fourth-order valence-electron chi connectivity index (χ4n) is 0.859. The average molecular weight is 175 g/mol. The first-order chi connectivity index (χ1) is 6.38. The Morgan fingerprint density at radius 3 is 3.00 bits per heavy atom. The number of azide groups is 1. The molecular weight excluding hydrogens is 166 g/mol. The van der Waals surface area contributed by atoms with E-state index in [0.29, 0.717) is 18.0 Å². The Labute approximate surface area is 76.1 Å². The first kappa shape index (κ1) is 9.16. The summed E-state index contributed by atoms with van der Waals surface area (Å²) in [6.45, 7) is 3.92. The zero-order valence-electron chi connectivity index (χ0n) is 7.05. The van der Waals surface area contributed by atoms with E-state index in [1.807, 2.05) is 6.07 Å². The molecule has 66 valence electrons. The van der Waals surface area contributed by atoms with Gasteiger partial charge >= 0.3 is 0 Å². The first-order valence-corrected chi connectivity index (χ1v) is 3.76. The van der Waals surface area contributed by atoms with E-state index in [2.05, 4.69) is 16.6 Å². The largest absolute Gasteiger partial charge is 0.489 e. The summed E-state index contributed by atoms with van der Waals surface area (Å²) in [5.41, 5.74) is 8.74. The van der Waals surface area contributed by atoms with Gasteiger partial charge in [0.1, 0.15) is 12.4 Å². The third-order valence-corrected chi connectivity index (χ3v) is 1.37. The molecule has 0 saturated heterocycles. The van der Waals surface area contributed by atoms with Crippen LogP contribution in [0, 0.1) is 0 Å². The second-order valence-electron chi connectivity index (χ2n) is 2.26. The van der Waals surface area contributed by atoms with Crippen LogP contribution in [0.25, 0.3) is 10.4 Å². The molecule has 0 aliphatic heterocycles. The molecule has 0 unspecified atom stereocenters. The highest BCUT2D eigenvalue weighted by molar-refractivity contribution is 5.51. The molecule has 4 heteroatoms. The number of nitrogens with zero attached hydrogens (tertiary/aromatic N) is 3. The van der Waals surface area contributed by atoms with E-state index >= 15 is 0 Å². The summed E-state index contributed by atoms with van der Waals surface area (Å²) in [5.74, 6) is 0.570. The van der Waals surface area contributed by atoms with Crippen LogP contribution in [0.2, 0.25) is 0 Å². The monoisotopic (exact) mass is 175 g/mol. The van der Waals surface area contributed by atoms with E-state index in [9.17, 15) is 0 Å². The summed E-state index contributed by atoms with van der Waals surface area (Å²) in [6, 6.07) is 7.03. The normalized spacial score (nSPS) is 8.62. The van der Waals surface area contributed by atoms with Crippen molar-refractivity contribution in [2.45, 2.75) is 0 Å². The fourth-order valence-corrected chi connectivity index (χ4v) is 0.859. The summed E-state index contributed by atoms with van der Waals surface area (Å²) < 4.78 is 5.26. The molecular formula is C9H9N3O. The van der Waals surface area contributed by atoms with Crippen molar-refractivity contribution in [3.8, 4) is 5.75 Å². The standard InChI is InChI=1S/C9H9N3O/c1-2-7-13-9-6-4-3-5-8(9)11-12-10/h2-6H,1,7H2. The van der Waals surface area contributed by atoms with Gasteiger partial charge < -0.3 is 4.74 Å². The van der Waals surface area contributed by atoms with Crippen molar-refractivity contribution in [3.63, 3.8) is 0 Å². The number of hydrogen-bond donors (Lipinski definition) is 0. The summed E-state index contributed by atoms with van der Waals surface area (Å²) in [5, 5.41) is 3.48. The van der Waals surface area contributed by atoms with Crippen LogP contribution >= 0.6 is 0 Å². The molecule has 0 saturated carbocycles. The van der Waals surface area contributed by atoms with Gasteiger partial charge in [0.25, 0.3) is 0 Å². The molecule has 0 atom stereocenters. The van der Waals surface area contributed by atoms with E-state index in [0.717, 1.165) is 0 Å². The number of hydrogen-bond acceptors (Lipinski definition) is 2. The topological polar surface area (TPSA) is 58.0 Å². The van der Waals surface area contributed by atoms with Crippen molar-refractivity contribution in [1.29, 1.82) is 0 Å². The van der Waals surface area contributed by atoms with Crippen molar-refractivity contribution >= 4 is 5.69 Å². The van der Waals surface area contributed by atoms with Gasteiger partial charge in [-0.25, -0.2) is 0 Å². The van der Waals surface area contributed by atoms with Gasteiger partial charge in [-0.1, -0.05) is 29.9 Å². The van der Waals surface area contributed by atoms with E-state index < -0.39 is 0 Å². The summed E-state index contributed by atoms with van der Waals surface area (Å²) >= 11 is 0. The van der Waals surface area contributed by atoms with Crippen molar-refractivity contribution in [1.82, 2.24) is 0 Å². The smallest absolute Gasteiger partial charge is 0.129 e. The van der Waals surface area contributed by atoms with Gasteiger partial charge in [0.15, 0.2) is 0 Å². The lowest BCUT2D eigenvalue weighted by atomic mass is 10.3. The van der Waals surface area contributed by atoms with Crippen molar-refractivity contribution in [3.05, 3.63) is 47.4 Å². The van der Waals surface area contributed by atoms with Gasteiger partial charge in [-0.2, -0.15) is 0 Å². The summed E-state index contributed by atoms with van der Waals surface area (Å²) in [6.07, 6.45) is 1.63. The maximum Gasteiger partial charge on any atom is 0.129 e. The molecule has 4 nitrogen and oxygen atoms in total. The quantitative estimate of drug-likeness (QED) is 0.300. The Bertz CT molecular complexity index is 342. The maximum absolute atomic E-state index is 8.25. The zero-order valence-corrected chi connectivity index (χ0v) is 7.05. The molecule has 13 heavy (non-hydrogen) atoms. The van der Waals surface area contributed by atoms with Crippen LogP contribution in [-0.4, -0.2) is 6.61 Å². The summed E-state index contributed by atoms with van der Waals surface area (Å²) in [7, 11) is 0. The van der Waals surface area contributed by atoms with Gasteiger partial charge in [-0.05, 0) is 17.7 Å². The van der Waals surface area contributed by atoms with Gasteiger partial charge in [0, 0.05) is 4.91 Å². The van der Waals surface area contributed by atoms with Gasteiger partial charge in [-0.3, -0.25) is 0 Å². The van der Waals surface area contributed by atoms with E-state index in [-0.39, 0.29) is 0 Å². The number of para-hydroxylation sites is 1. The molecule has 0 spiro atoms. The molecule has 1 aromatic carbocycles. The number of ether oxygens (including phenoxy) is 1. The minimum absolute atomic E-state index is 0.401. The Morgan fingerprint density at radius 1 is 1.54 bits per heavy atom. The molecule has 0 aliphatic rings. The Hall–Kier alpha value is -1.93. The highest BCUT2D eigenvalue weighted by Gasteiger charge is 1.97. The lowest BCUT2D eigenvalue weighted by Crippen LogP contribution is -1.92.